The van der Waals surface area contributed by atoms with Crippen LogP contribution in [-0.2, 0) is 19.1 Å². The fourth-order valence-corrected chi connectivity index (χ4v) is 3.48. The van der Waals surface area contributed by atoms with Gasteiger partial charge in [0.1, 0.15) is 11.4 Å². The third-order valence-electron chi connectivity index (χ3n) is 5.10. The van der Waals surface area contributed by atoms with Crippen molar-refractivity contribution in [3.8, 4) is 0 Å². The summed E-state index contributed by atoms with van der Waals surface area (Å²) in [6.07, 6.45) is 0.364. The minimum Gasteiger partial charge on any atom is -0.378 e. The second kappa shape index (κ2) is 8.78. The Hall–Kier alpha value is -3.02. The molecular weight excluding hydrogens is 403 g/mol. The molecule has 1 aliphatic carbocycles. The molecule has 162 valence electrons. The number of nitrogen functional groups attached to an aromatic ring is 1. The minimum absolute atomic E-state index is 0.0699. The Balaban J connectivity index is 1.75. The van der Waals surface area contributed by atoms with E-state index in [1.807, 2.05) is 0 Å². The summed E-state index contributed by atoms with van der Waals surface area (Å²) in [6, 6.07) is 2.31. The van der Waals surface area contributed by atoms with Gasteiger partial charge in [-0.15, -0.1) is 0 Å². The van der Waals surface area contributed by atoms with Gasteiger partial charge in [0.15, 0.2) is 0 Å². The summed E-state index contributed by atoms with van der Waals surface area (Å²) in [4.78, 5) is 22.4. The smallest absolute Gasteiger partial charge is 0.378 e. The third-order valence-corrected chi connectivity index (χ3v) is 5.10. The van der Waals surface area contributed by atoms with Crippen LogP contribution in [-0.4, -0.2) is 25.9 Å². The Kier molecular flexibility index (Phi) is 6.34. The number of hydrogen-bond donors (Lipinski definition) is 3. The normalized spacial score (nSPS) is 19.5. The van der Waals surface area contributed by atoms with Gasteiger partial charge in [0, 0.05) is 18.8 Å². The molecule has 0 atom stereocenters. The molecule has 9 nitrogen and oxygen atoms in total. The van der Waals surface area contributed by atoms with E-state index >= 15 is 0 Å². The second-order valence-electron chi connectivity index (χ2n) is 7.37. The van der Waals surface area contributed by atoms with Gasteiger partial charge in [-0.25, -0.2) is 4.98 Å². The summed E-state index contributed by atoms with van der Waals surface area (Å²) in [6.45, 7) is 0.0834. The number of aromatic nitrogens is 3. The Morgan fingerprint density at radius 1 is 1.20 bits per heavy atom. The summed E-state index contributed by atoms with van der Waals surface area (Å²) in [5.74, 6) is 0.0239. The molecular formula is C18H22F3N7O2. The van der Waals surface area contributed by atoms with E-state index < -0.39 is 16.8 Å². The number of anilines is 2. The van der Waals surface area contributed by atoms with Gasteiger partial charge in [0.25, 0.3) is 0 Å². The van der Waals surface area contributed by atoms with E-state index in [1.165, 1.54) is 6.07 Å². The van der Waals surface area contributed by atoms with Gasteiger partial charge in [-0.3, -0.25) is 15.1 Å². The number of rotatable bonds is 6. The fraction of sp³-hybridized carbons (Fsp3) is 0.500. The molecule has 30 heavy (non-hydrogen) atoms. The van der Waals surface area contributed by atoms with Gasteiger partial charge < -0.3 is 16.8 Å². The molecule has 2 aromatic rings. The molecule has 3 rings (SSSR count). The van der Waals surface area contributed by atoms with Crippen LogP contribution in [0.4, 0.5) is 30.6 Å². The predicted octanol–water partition coefficient (Wildman–Crippen LogP) is 3.05. The van der Waals surface area contributed by atoms with Crippen LogP contribution in [0.3, 0.4) is 0 Å². The van der Waals surface area contributed by atoms with Crippen molar-refractivity contribution >= 4 is 17.5 Å². The molecule has 0 aliphatic heterocycles. The molecule has 2 aromatic heterocycles. The molecule has 12 heteroatoms. The van der Waals surface area contributed by atoms with Crippen LogP contribution in [0.1, 0.15) is 42.6 Å². The first-order valence-electron chi connectivity index (χ1n) is 9.46. The lowest BCUT2D eigenvalue weighted by Gasteiger charge is -2.25. The first kappa shape index (κ1) is 21.7. The van der Waals surface area contributed by atoms with E-state index in [2.05, 4.69) is 20.3 Å². The quantitative estimate of drug-likeness (QED) is 0.473. The molecule has 1 fully saturated rings. The van der Waals surface area contributed by atoms with E-state index in [0.29, 0.717) is 12.0 Å². The van der Waals surface area contributed by atoms with Crippen molar-refractivity contribution in [1.82, 2.24) is 15.0 Å². The first-order chi connectivity index (χ1) is 14.1. The fourth-order valence-electron chi connectivity index (χ4n) is 3.48. The van der Waals surface area contributed by atoms with E-state index in [9.17, 15) is 23.3 Å². The highest BCUT2D eigenvalue weighted by atomic mass is 19.4. The summed E-state index contributed by atoms with van der Waals surface area (Å²) in [5.41, 5.74) is 11.1. The molecule has 0 bridgehead atoms. The summed E-state index contributed by atoms with van der Waals surface area (Å²) < 4.78 is 37.8. The Morgan fingerprint density at radius 2 is 1.90 bits per heavy atom. The van der Waals surface area contributed by atoms with Gasteiger partial charge in [-0.05, 0) is 49.7 Å². The second-order valence-corrected chi connectivity index (χ2v) is 7.37. The number of nitrogens with one attached hydrogen (secondary N) is 1. The molecule has 0 radical (unpaired) electrons. The Bertz CT molecular complexity index is 898. The van der Waals surface area contributed by atoms with Gasteiger partial charge in [0.05, 0.1) is 4.92 Å². The summed E-state index contributed by atoms with van der Waals surface area (Å²) >= 11 is 0. The van der Waals surface area contributed by atoms with Crippen molar-refractivity contribution in [2.75, 3.05) is 11.1 Å². The van der Waals surface area contributed by atoms with Crippen molar-refractivity contribution in [2.24, 2.45) is 11.7 Å². The molecule has 1 saturated carbocycles. The zero-order valence-electron chi connectivity index (χ0n) is 16.0. The number of nitro groups is 1. The molecule has 2 heterocycles. The average Bonchev–Trinajstić information content (AvgIpc) is 2.67. The van der Waals surface area contributed by atoms with E-state index in [-0.39, 0.29) is 41.7 Å². The number of alkyl halides is 3. The minimum atomic E-state index is -4.51. The maximum Gasteiger partial charge on any atom is 0.433 e. The van der Waals surface area contributed by atoms with Gasteiger partial charge in [-0.2, -0.15) is 18.2 Å². The van der Waals surface area contributed by atoms with Crippen molar-refractivity contribution in [3.63, 3.8) is 0 Å². The van der Waals surface area contributed by atoms with Crippen LogP contribution in [0.2, 0.25) is 0 Å². The average molecular weight is 425 g/mol. The maximum absolute atomic E-state index is 12.6. The van der Waals surface area contributed by atoms with Crippen LogP contribution >= 0.6 is 0 Å². The van der Waals surface area contributed by atoms with Crippen LogP contribution in [0.25, 0.3) is 0 Å². The number of pyridine rings is 1. The van der Waals surface area contributed by atoms with E-state index in [4.69, 9.17) is 11.5 Å². The molecule has 1 aliphatic rings. The number of nitrogens with two attached hydrogens (primary N) is 2. The molecule has 0 saturated heterocycles. The SMILES string of the molecule is Nc1nc(NCc2ccc(C(F)(F)F)nc2)nc(CC2CCC(N)CC2)c1[N+](=O)[O-]. The lowest BCUT2D eigenvalue weighted by atomic mass is 9.83. The van der Waals surface area contributed by atoms with Crippen LogP contribution < -0.4 is 16.8 Å². The lowest BCUT2D eigenvalue weighted by Crippen LogP contribution is -2.27. The maximum atomic E-state index is 12.6. The molecule has 0 spiro atoms. The lowest BCUT2D eigenvalue weighted by molar-refractivity contribution is -0.385. The predicted molar refractivity (Wildman–Crippen MR) is 103 cm³/mol. The van der Waals surface area contributed by atoms with Crippen LogP contribution in [0.15, 0.2) is 18.3 Å². The van der Waals surface area contributed by atoms with Crippen LogP contribution in [0, 0.1) is 16.0 Å². The van der Waals surface area contributed by atoms with E-state index in [1.54, 1.807) is 0 Å². The molecule has 0 amide bonds. The summed E-state index contributed by atoms with van der Waals surface area (Å²) in [5, 5.41) is 14.3. The number of hydrogen-bond acceptors (Lipinski definition) is 8. The standard InChI is InChI=1S/C18H22F3N7O2/c19-18(20,21)14-6-3-11(8-24-14)9-25-17-26-13(15(28(29)30)16(23)27-17)7-10-1-4-12(22)5-2-10/h3,6,8,10,12H,1-2,4-5,7,9,22H2,(H3,23,25,26,27). The highest BCUT2D eigenvalue weighted by Crippen LogP contribution is 2.32. The Morgan fingerprint density at radius 3 is 2.47 bits per heavy atom. The molecule has 0 aromatic carbocycles. The Labute approximate surface area is 170 Å². The highest BCUT2D eigenvalue weighted by Gasteiger charge is 2.32. The largest absolute Gasteiger partial charge is 0.433 e. The first-order valence-corrected chi connectivity index (χ1v) is 9.46. The zero-order valence-corrected chi connectivity index (χ0v) is 16.0. The zero-order chi connectivity index (χ0) is 21.9. The van der Waals surface area contributed by atoms with Crippen molar-refractivity contribution in [3.05, 3.63) is 45.4 Å². The van der Waals surface area contributed by atoms with Gasteiger partial charge in [0.2, 0.25) is 11.8 Å². The topological polar surface area (TPSA) is 146 Å². The van der Waals surface area contributed by atoms with Crippen molar-refractivity contribution < 1.29 is 18.1 Å². The molecule has 5 N–H and O–H groups in total. The van der Waals surface area contributed by atoms with Crippen molar-refractivity contribution in [2.45, 2.75) is 50.9 Å². The number of nitrogens with zero attached hydrogens (tertiary/aromatic N) is 4. The summed E-state index contributed by atoms with van der Waals surface area (Å²) in [7, 11) is 0. The van der Waals surface area contributed by atoms with Gasteiger partial charge >= 0.3 is 11.9 Å². The van der Waals surface area contributed by atoms with Gasteiger partial charge in [-0.1, -0.05) is 6.07 Å². The van der Waals surface area contributed by atoms with Crippen molar-refractivity contribution in [1.29, 1.82) is 0 Å². The monoisotopic (exact) mass is 425 g/mol. The number of halogens is 3. The molecule has 0 unspecified atom stereocenters. The van der Waals surface area contributed by atoms with Crippen LogP contribution in [0.5, 0.6) is 0 Å². The van der Waals surface area contributed by atoms with E-state index in [0.717, 1.165) is 37.9 Å². The third kappa shape index (κ3) is 5.32. The highest BCUT2D eigenvalue weighted by molar-refractivity contribution is 5.58.